The van der Waals surface area contributed by atoms with E-state index in [0.29, 0.717) is 10.6 Å². The third-order valence-corrected chi connectivity index (χ3v) is 3.96. The lowest BCUT2D eigenvalue weighted by Gasteiger charge is -2.06. The molecular weight excluding hydrogens is 330 g/mol. The van der Waals surface area contributed by atoms with E-state index >= 15 is 0 Å². The smallest absolute Gasteiger partial charge is 0.341 e. The molecule has 1 heterocycles. The predicted octanol–water partition coefficient (Wildman–Crippen LogP) is 3.10. The van der Waals surface area contributed by atoms with Crippen LogP contribution >= 0.6 is 11.3 Å². The molecule has 1 N–H and O–H groups in total. The fourth-order valence-electron chi connectivity index (χ4n) is 1.66. The molecule has 0 fully saturated rings. The summed E-state index contributed by atoms with van der Waals surface area (Å²) in [5, 5.41) is 2.99. The van der Waals surface area contributed by atoms with Crippen molar-refractivity contribution in [1.29, 1.82) is 0 Å². The highest BCUT2D eigenvalue weighted by atomic mass is 32.1. The molecule has 0 radical (unpaired) electrons. The van der Waals surface area contributed by atoms with Crippen molar-refractivity contribution >= 4 is 34.2 Å². The van der Waals surface area contributed by atoms with Gasteiger partial charge in [0, 0.05) is 11.0 Å². The molecule has 0 saturated carbocycles. The number of allylic oxidation sites excluding steroid dienone is 3. The third kappa shape index (κ3) is 6.37. The quantitative estimate of drug-likeness (QED) is 0.442. The maximum absolute atomic E-state index is 11.9. The lowest BCUT2D eigenvalue weighted by molar-refractivity contribution is -0.142. The van der Waals surface area contributed by atoms with Gasteiger partial charge in [-0.25, -0.2) is 9.59 Å². The van der Waals surface area contributed by atoms with Crippen molar-refractivity contribution in [2.45, 2.75) is 27.2 Å². The van der Waals surface area contributed by atoms with Crippen LogP contribution in [0.1, 0.15) is 36.0 Å². The molecule has 0 aliphatic carbocycles. The Kier molecular flexibility index (Phi) is 8.49. The number of carbonyl (C=O) groups is 3. The van der Waals surface area contributed by atoms with E-state index < -0.39 is 24.5 Å². The number of thiophene rings is 1. The van der Waals surface area contributed by atoms with Gasteiger partial charge in [0.05, 0.1) is 12.2 Å². The Bertz CT molecular complexity index is 645. The van der Waals surface area contributed by atoms with Crippen molar-refractivity contribution < 1.29 is 23.9 Å². The molecule has 0 spiro atoms. The lowest BCUT2D eigenvalue weighted by Crippen LogP contribution is -2.20. The Morgan fingerprint density at radius 3 is 2.58 bits per heavy atom. The van der Waals surface area contributed by atoms with Crippen molar-refractivity contribution in [1.82, 2.24) is 0 Å². The molecule has 7 heteroatoms. The van der Waals surface area contributed by atoms with Gasteiger partial charge in [-0.15, -0.1) is 11.3 Å². The normalized spacial score (nSPS) is 11.0. The van der Waals surface area contributed by atoms with Crippen molar-refractivity contribution in [2.75, 3.05) is 18.5 Å². The minimum absolute atomic E-state index is 0.250. The Balaban J connectivity index is 2.67. The van der Waals surface area contributed by atoms with Crippen LogP contribution in [0.4, 0.5) is 5.00 Å². The van der Waals surface area contributed by atoms with Gasteiger partial charge in [0.15, 0.2) is 6.61 Å². The van der Waals surface area contributed by atoms with Crippen LogP contribution in [0, 0.1) is 0 Å². The monoisotopic (exact) mass is 351 g/mol. The highest BCUT2D eigenvalue weighted by Crippen LogP contribution is 2.29. The van der Waals surface area contributed by atoms with E-state index in [1.54, 1.807) is 25.1 Å². The van der Waals surface area contributed by atoms with Gasteiger partial charge in [-0.1, -0.05) is 25.2 Å². The van der Waals surface area contributed by atoms with Crippen molar-refractivity contribution in [3.63, 3.8) is 0 Å². The summed E-state index contributed by atoms with van der Waals surface area (Å²) >= 11 is 1.30. The standard InChI is InChI=1S/C17H21NO5S/c1-4-7-8-9-15(20)23-11-14(19)18-16-13(17(21)22-6-3)10-12(5-2)24-16/h4,7-10H,5-6,11H2,1-3H3,(H,18,19)/b7-4+,9-8+. The first-order chi connectivity index (χ1) is 11.5. The summed E-state index contributed by atoms with van der Waals surface area (Å²) in [6, 6.07) is 1.70. The Hall–Kier alpha value is -2.41. The number of anilines is 1. The summed E-state index contributed by atoms with van der Waals surface area (Å²) < 4.78 is 9.80. The zero-order chi connectivity index (χ0) is 17.9. The maximum atomic E-state index is 11.9. The number of aryl methyl sites for hydroxylation is 1. The zero-order valence-corrected chi connectivity index (χ0v) is 14.8. The number of carbonyl (C=O) groups excluding carboxylic acids is 3. The molecule has 0 unspecified atom stereocenters. The average molecular weight is 351 g/mol. The second kappa shape index (κ2) is 10.4. The second-order valence-electron chi connectivity index (χ2n) is 4.57. The maximum Gasteiger partial charge on any atom is 0.341 e. The van der Waals surface area contributed by atoms with Crippen LogP contribution in [0.25, 0.3) is 0 Å². The van der Waals surface area contributed by atoms with Gasteiger partial charge >= 0.3 is 11.9 Å². The summed E-state index contributed by atoms with van der Waals surface area (Å²) in [7, 11) is 0. The molecule has 0 atom stereocenters. The number of amides is 1. The fourth-order valence-corrected chi connectivity index (χ4v) is 2.66. The summed E-state index contributed by atoms with van der Waals surface area (Å²) in [4.78, 5) is 36.2. The van der Waals surface area contributed by atoms with Gasteiger partial charge < -0.3 is 14.8 Å². The zero-order valence-electron chi connectivity index (χ0n) is 14.0. The topological polar surface area (TPSA) is 81.7 Å². The van der Waals surface area contributed by atoms with Crippen LogP contribution in [-0.2, 0) is 25.5 Å². The minimum Gasteiger partial charge on any atom is -0.462 e. The van der Waals surface area contributed by atoms with Crippen LogP contribution in [-0.4, -0.2) is 31.1 Å². The molecule has 0 aliphatic heterocycles. The first kappa shape index (κ1) is 19.6. The molecule has 1 aromatic rings. The predicted molar refractivity (Wildman–Crippen MR) is 93.2 cm³/mol. The lowest BCUT2D eigenvalue weighted by atomic mass is 10.2. The SMILES string of the molecule is C/C=C/C=C/C(=O)OCC(=O)Nc1sc(CC)cc1C(=O)OCC. The van der Waals surface area contributed by atoms with E-state index in [4.69, 9.17) is 9.47 Å². The first-order valence-electron chi connectivity index (χ1n) is 7.57. The van der Waals surface area contributed by atoms with Crippen molar-refractivity contribution in [3.05, 3.63) is 40.8 Å². The van der Waals surface area contributed by atoms with Gasteiger partial charge in [-0.2, -0.15) is 0 Å². The molecule has 0 bridgehead atoms. The largest absolute Gasteiger partial charge is 0.462 e. The highest BCUT2D eigenvalue weighted by molar-refractivity contribution is 7.16. The van der Waals surface area contributed by atoms with Crippen LogP contribution < -0.4 is 5.32 Å². The van der Waals surface area contributed by atoms with E-state index in [9.17, 15) is 14.4 Å². The van der Waals surface area contributed by atoms with Gasteiger partial charge in [0.2, 0.25) is 0 Å². The van der Waals surface area contributed by atoms with E-state index in [0.717, 1.165) is 11.3 Å². The molecule has 0 aliphatic rings. The Morgan fingerprint density at radius 1 is 1.21 bits per heavy atom. The first-order valence-corrected chi connectivity index (χ1v) is 8.39. The van der Waals surface area contributed by atoms with E-state index in [-0.39, 0.29) is 6.61 Å². The van der Waals surface area contributed by atoms with Crippen LogP contribution in [0.15, 0.2) is 30.4 Å². The molecule has 1 rings (SSSR count). The fraction of sp³-hybridized carbons (Fsp3) is 0.353. The van der Waals surface area contributed by atoms with Crippen molar-refractivity contribution in [2.24, 2.45) is 0 Å². The molecule has 0 saturated heterocycles. The number of ether oxygens (including phenoxy) is 2. The average Bonchev–Trinajstić information content (AvgIpc) is 2.96. The second-order valence-corrected chi connectivity index (χ2v) is 5.71. The third-order valence-electron chi connectivity index (χ3n) is 2.76. The summed E-state index contributed by atoms with van der Waals surface area (Å²) in [6.45, 7) is 5.30. The van der Waals surface area contributed by atoms with Crippen LogP contribution in [0.2, 0.25) is 0 Å². The van der Waals surface area contributed by atoms with E-state index in [1.165, 1.54) is 23.5 Å². The molecule has 130 valence electrons. The van der Waals surface area contributed by atoms with Crippen molar-refractivity contribution in [3.8, 4) is 0 Å². The molecule has 0 aromatic carbocycles. The van der Waals surface area contributed by atoms with Crippen LogP contribution in [0.3, 0.4) is 0 Å². The molecular formula is C17H21NO5S. The van der Waals surface area contributed by atoms with E-state index in [1.807, 2.05) is 13.8 Å². The van der Waals surface area contributed by atoms with Crippen LogP contribution in [0.5, 0.6) is 0 Å². The minimum atomic E-state index is -0.616. The molecule has 1 amide bonds. The summed E-state index contributed by atoms with van der Waals surface area (Å²) in [6.07, 6.45) is 6.90. The van der Waals surface area contributed by atoms with E-state index in [2.05, 4.69) is 5.32 Å². The number of rotatable bonds is 8. The molecule has 24 heavy (non-hydrogen) atoms. The highest BCUT2D eigenvalue weighted by Gasteiger charge is 2.19. The van der Waals surface area contributed by atoms with Gasteiger partial charge in [0.1, 0.15) is 5.00 Å². The summed E-state index contributed by atoms with van der Waals surface area (Å²) in [5.74, 6) is -1.62. The number of hydrogen-bond acceptors (Lipinski definition) is 6. The Labute approximate surface area is 145 Å². The molecule has 1 aromatic heterocycles. The van der Waals surface area contributed by atoms with Gasteiger partial charge in [0.25, 0.3) is 5.91 Å². The van der Waals surface area contributed by atoms with Gasteiger partial charge in [-0.05, 0) is 26.3 Å². The summed E-state index contributed by atoms with van der Waals surface area (Å²) in [5.41, 5.74) is 0.311. The number of nitrogens with one attached hydrogen (secondary N) is 1. The molecule has 6 nitrogen and oxygen atoms in total. The number of hydrogen-bond donors (Lipinski definition) is 1. The number of esters is 2. The Morgan fingerprint density at radius 2 is 1.96 bits per heavy atom. The van der Waals surface area contributed by atoms with Gasteiger partial charge in [-0.3, -0.25) is 4.79 Å².